The number of nitrogens with one attached hydrogen (secondary N) is 2. The predicted octanol–water partition coefficient (Wildman–Crippen LogP) is 7.04. The molecule has 1 fully saturated rings. The second-order valence-corrected chi connectivity index (χ2v) is 11.0. The van der Waals surface area contributed by atoms with Crippen LogP contribution in [0.25, 0.3) is 5.69 Å². The molecule has 3 aromatic rings. The minimum absolute atomic E-state index is 0.0242. The lowest BCUT2D eigenvalue weighted by atomic mass is 10.1. The highest BCUT2D eigenvalue weighted by Gasteiger charge is 2.36. The minimum atomic E-state index is -4.82. The Morgan fingerprint density at radius 2 is 1.80 bits per heavy atom. The highest BCUT2D eigenvalue weighted by molar-refractivity contribution is 6.03. The Hall–Kier alpha value is -3.89. The number of nitrogens with zero attached hydrogens (tertiary/aromatic N) is 2. The van der Waals surface area contributed by atoms with Gasteiger partial charge >= 0.3 is 12.3 Å². The summed E-state index contributed by atoms with van der Waals surface area (Å²) in [5, 5.41) is 8.62. The average molecular weight is 561 g/mol. The Bertz CT molecular complexity index is 1370. The maximum absolute atomic E-state index is 14.6. The number of rotatable bonds is 9. The van der Waals surface area contributed by atoms with Crippen LogP contribution < -0.4 is 10.6 Å². The van der Waals surface area contributed by atoms with E-state index in [-0.39, 0.29) is 17.9 Å². The van der Waals surface area contributed by atoms with Gasteiger partial charge < -0.3 is 15.4 Å². The molecule has 1 aliphatic carbocycles. The van der Waals surface area contributed by atoms with Gasteiger partial charge in [-0.3, -0.25) is 4.79 Å². The van der Waals surface area contributed by atoms with Crippen molar-refractivity contribution >= 4 is 17.7 Å². The summed E-state index contributed by atoms with van der Waals surface area (Å²) in [7, 11) is 0. The second-order valence-electron chi connectivity index (χ2n) is 11.0. The summed E-state index contributed by atoms with van der Waals surface area (Å²) in [5.41, 5.74) is -1.01. The second kappa shape index (κ2) is 11.7. The van der Waals surface area contributed by atoms with Crippen LogP contribution in [-0.4, -0.2) is 27.4 Å². The van der Waals surface area contributed by atoms with Crippen molar-refractivity contribution in [2.75, 3.05) is 5.32 Å². The zero-order valence-electron chi connectivity index (χ0n) is 22.6. The van der Waals surface area contributed by atoms with E-state index >= 15 is 0 Å². The van der Waals surface area contributed by atoms with Crippen LogP contribution in [0.2, 0.25) is 0 Å². The first-order valence-electron chi connectivity index (χ1n) is 13.1. The lowest BCUT2D eigenvalue weighted by Crippen LogP contribution is -2.32. The van der Waals surface area contributed by atoms with Crippen LogP contribution in [0, 0.1) is 11.7 Å². The van der Waals surface area contributed by atoms with E-state index in [1.807, 2.05) is 0 Å². The van der Waals surface area contributed by atoms with Gasteiger partial charge in [-0.2, -0.15) is 18.3 Å². The monoisotopic (exact) mass is 560 g/mol. The fraction of sp³-hybridized carbons (Fsp3) is 0.414. The van der Waals surface area contributed by atoms with E-state index in [9.17, 15) is 27.2 Å². The van der Waals surface area contributed by atoms with Crippen LogP contribution in [0.5, 0.6) is 0 Å². The molecule has 2 aromatic carbocycles. The molecule has 214 valence electrons. The number of aromatic nitrogens is 2. The summed E-state index contributed by atoms with van der Waals surface area (Å²) in [6.45, 7) is 5.17. The number of anilines is 1. The zero-order chi connectivity index (χ0) is 29.1. The first-order chi connectivity index (χ1) is 18.8. The number of aryl methyl sites for hydroxylation is 1. The molecule has 1 heterocycles. The molecule has 0 radical (unpaired) electrons. The lowest BCUT2D eigenvalue weighted by molar-refractivity contribution is -0.141. The van der Waals surface area contributed by atoms with Crippen LogP contribution in [0.1, 0.15) is 73.8 Å². The first-order valence-corrected chi connectivity index (χ1v) is 13.1. The smallest absolute Gasteiger partial charge is 0.435 e. The number of amides is 2. The van der Waals surface area contributed by atoms with Gasteiger partial charge in [-0.25, -0.2) is 13.9 Å². The van der Waals surface area contributed by atoms with E-state index in [1.54, 1.807) is 39.0 Å². The number of alkyl halides is 3. The quantitative estimate of drug-likeness (QED) is 0.275. The molecule has 1 aromatic heterocycles. The number of hydrogen-bond acceptors (Lipinski definition) is 4. The lowest BCUT2D eigenvalue weighted by Gasteiger charge is -2.19. The molecule has 4 rings (SSSR count). The van der Waals surface area contributed by atoms with Gasteiger partial charge in [-0.15, -0.1) is 0 Å². The third kappa shape index (κ3) is 8.06. The third-order valence-electron chi connectivity index (χ3n) is 6.28. The Labute approximate surface area is 229 Å². The van der Waals surface area contributed by atoms with Crippen LogP contribution in [0.15, 0.2) is 48.5 Å². The number of alkyl carbamates (subject to hydrolysis) is 1. The number of carbonyl (C=O) groups excluding carboxylic acids is 2. The molecule has 0 aliphatic heterocycles. The molecule has 0 atom stereocenters. The molecule has 2 amide bonds. The van der Waals surface area contributed by atoms with Gasteiger partial charge in [0.15, 0.2) is 5.69 Å². The van der Waals surface area contributed by atoms with E-state index in [4.69, 9.17) is 4.74 Å². The first kappa shape index (κ1) is 29.1. The SMILES string of the molecule is CC(C)(C)OC(=O)NCc1cccc(-n2nc(C(F)(F)F)cc2C(=O)Nc2cc(CCCC3CC3)ccc2F)c1. The summed E-state index contributed by atoms with van der Waals surface area (Å²) in [6, 6.07) is 11.2. The van der Waals surface area contributed by atoms with Crippen molar-refractivity contribution in [3.8, 4) is 5.69 Å². The Morgan fingerprint density at radius 1 is 1.05 bits per heavy atom. The van der Waals surface area contributed by atoms with Gasteiger partial charge in [0.05, 0.1) is 11.4 Å². The number of ether oxygens (including phenoxy) is 1. The summed E-state index contributed by atoms with van der Waals surface area (Å²) >= 11 is 0. The average Bonchev–Trinajstić information content (AvgIpc) is 3.56. The van der Waals surface area contributed by atoms with E-state index in [0.717, 1.165) is 29.0 Å². The molecule has 7 nitrogen and oxygen atoms in total. The Balaban J connectivity index is 1.55. The van der Waals surface area contributed by atoms with Crippen molar-refractivity contribution < 1.29 is 31.9 Å². The third-order valence-corrected chi connectivity index (χ3v) is 6.28. The molecule has 0 spiro atoms. The van der Waals surface area contributed by atoms with Crippen molar-refractivity contribution in [1.82, 2.24) is 15.1 Å². The van der Waals surface area contributed by atoms with Crippen molar-refractivity contribution in [1.29, 1.82) is 0 Å². The van der Waals surface area contributed by atoms with Gasteiger partial charge in [0, 0.05) is 12.6 Å². The molecular weight excluding hydrogens is 528 g/mol. The summed E-state index contributed by atoms with van der Waals surface area (Å²) in [5.74, 6) is -0.889. The van der Waals surface area contributed by atoms with Crippen molar-refractivity contribution in [2.24, 2.45) is 5.92 Å². The van der Waals surface area contributed by atoms with Crippen LogP contribution in [0.3, 0.4) is 0 Å². The highest BCUT2D eigenvalue weighted by Crippen LogP contribution is 2.34. The molecular formula is C29H32F4N4O3. The number of hydrogen-bond donors (Lipinski definition) is 2. The fourth-order valence-electron chi connectivity index (χ4n) is 4.18. The fourth-order valence-corrected chi connectivity index (χ4v) is 4.18. The molecule has 40 heavy (non-hydrogen) atoms. The number of carbonyl (C=O) groups is 2. The standard InChI is InChI=1S/C29H32F4N4O3/c1-28(2,3)40-27(39)34-17-20-8-5-9-21(14-20)37-24(16-25(36-37)29(31,32)33)26(38)35-23-15-19(12-13-22(23)30)7-4-6-18-10-11-18/h5,8-9,12-16,18H,4,6-7,10-11,17H2,1-3H3,(H,34,39)(H,35,38). The maximum Gasteiger partial charge on any atom is 0.435 e. The number of halogens is 4. The molecule has 11 heteroatoms. The van der Waals surface area contributed by atoms with Gasteiger partial charge in [-0.05, 0) is 74.9 Å². The van der Waals surface area contributed by atoms with Gasteiger partial charge in [0.2, 0.25) is 0 Å². The summed E-state index contributed by atoms with van der Waals surface area (Å²) < 4.78 is 61.4. The highest BCUT2D eigenvalue weighted by atomic mass is 19.4. The van der Waals surface area contributed by atoms with E-state index in [2.05, 4.69) is 15.7 Å². The predicted molar refractivity (Wildman–Crippen MR) is 142 cm³/mol. The molecule has 2 N–H and O–H groups in total. The van der Waals surface area contributed by atoms with E-state index in [0.29, 0.717) is 18.1 Å². The van der Waals surface area contributed by atoms with Gasteiger partial charge in [-0.1, -0.05) is 37.5 Å². The largest absolute Gasteiger partial charge is 0.444 e. The van der Waals surface area contributed by atoms with Crippen molar-refractivity contribution in [3.63, 3.8) is 0 Å². The van der Waals surface area contributed by atoms with Gasteiger partial charge in [0.25, 0.3) is 5.91 Å². The van der Waals surface area contributed by atoms with E-state index < -0.39 is 41.0 Å². The van der Waals surface area contributed by atoms with Crippen LogP contribution in [0.4, 0.5) is 28.0 Å². The van der Waals surface area contributed by atoms with Crippen molar-refractivity contribution in [3.05, 3.63) is 76.9 Å². The van der Waals surface area contributed by atoms with Crippen LogP contribution in [-0.2, 0) is 23.9 Å². The summed E-state index contributed by atoms with van der Waals surface area (Å²) in [6.07, 6.45) is -0.269. The molecule has 1 aliphatic rings. The Morgan fingerprint density at radius 3 is 2.48 bits per heavy atom. The van der Waals surface area contributed by atoms with Crippen LogP contribution >= 0.6 is 0 Å². The van der Waals surface area contributed by atoms with Crippen molar-refractivity contribution in [2.45, 2.75) is 71.2 Å². The molecule has 1 saturated carbocycles. The molecule has 0 bridgehead atoms. The maximum atomic E-state index is 14.6. The minimum Gasteiger partial charge on any atom is -0.444 e. The topological polar surface area (TPSA) is 85.2 Å². The van der Waals surface area contributed by atoms with Gasteiger partial charge in [0.1, 0.15) is 17.1 Å². The molecule has 0 unspecified atom stereocenters. The van der Waals surface area contributed by atoms with E-state index in [1.165, 1.54) is 37.1 Å². The number of benzene rings is 2. The normalized spacial score (nSPS) is 13.7. The summed E-state index contributed by atoms with van der Waals surface area (Å²) in [4.78, 5) is 25.2. The Kier molecular flexibility index (Phi) is 8.51. The molecule has 0 saturated heterocycles. The zero-order valence-corrected chi connectivity index (χ0v) is 22.6.